The van der Waals surface area contributed by atoms with Crippen molar-refractivity contribution in [2.75, 3.05) is 13.2 Å². The van der Waals surface area contributed by atoms with Crippen molar-refractivity contribution in [3.8, 4) is 0 Å². The van der Waals surface area contributed by atoms with Crippen LogP contribution in [0, 0.1) is 5.41 Å². The summed E-state index contributed by atoms with van der Waals surface area (Å²) in [5, 5.41) is 11.5. The Morgan fingerprint density at radius 3 is 2.42 bits per heavy atom. The lowest BCUT2D eigenvalue weighted by molar-refractivity contribution is -0.157. The predicted octanol–water partition coefficient (Wildman–Crippen LogP) is 5.81. The molecule has 5 rings (SSSR count). The van der Waals surface area contributed by atoms with E-state index < -0.39 is 47.0 Å². The van der Waals surface area contributed by atoms with Crippen molar-refractivity contribution >= 4 is 5.97 Å². The highest BCUT2D eigenvalue weighted by atomic mass is 19.4. The van der Waals surface area contributed by atoms with Gasteiger partial charge in [0.05, 0.1) is 28.7 Å². The number of ether oxygens (including phenoxy) is 3. The third-order valence-corrected chi connectivity index (χ3v) is 7.92. The lowest BCUT2D eigenvalue weighted by atomic mass is 9.68. The van der Waals surface area contributed by atoms with Crippen molar-refractivity contribution < 1.29 is 37.3 Å². The highest BCUT2D eigenvalue weighted by Crippen LogP contribution is 2.59. The Labute approximate surface area is 219 Å². The number of pyridine rings is 2. The molecule has 2 aromatic heterocycles. The Morgan fingerprint density at radius 2 is 1.87 bits per heavy atom. The van der Waals surface area contributed by atoms with Gasteiger partial charge in [0.15, 0.2) is 0 Å². The van der Waals surface area contributed by atoms with E-state index in [1.807, 2.05) is 27.7 Å². The maximum atomic E-state index is 13.3. The van der Waals surface area contributed by atoms with Crippen LogP contribution in [0.5, 0.6) is 0 Å². The zero-order valence-electron chi connectivity index (χ0n) is 22.2. The summed E-state index contributed by atoms with van der Waals surface area (Å²) in [5.41, 5.74) is 1.40. The quantitative estimate of drug-likeness (QED) is 0.497. The summed E-state index contributed by atoms with van der Waals surface area (Å²) < 4.78 is 58.0. The van der Waals surface area contributed by atoms with Crippen LogP contribution in [-0.2, 0) is 30.8 Å². The van der Waals surface area contributed by atoms with Crippen LogP contribution < -0.4 is 0 Å². The van der Waals surface area contributed by atoms with Crippen molar-refractivity contribution in [3.63, 3.8) is 0 Å². The first-order chi connectivity index (χ1) is 17.7. The monoisotopic (exact) mass is 534 g/mol. The fourth-order valence-corrected chi connectivity index (χ4v) is 6.19. The molecule has 0 amide bonds. The van der Waals surface area contributed by atoms with Crippen LogP contribution in [0.1, 0.15) is 117 Å². The number of aromatic nitrogens is 2. The zero-order valence-corrected chi connectivity index (χ0v) is 22.2. The predicted molar refractivity (Wildman–Crippen MR) is 130 cm³/mol. The van der Waals surface area contributed by atoms with Crippen molar-refractivity contribution in [1.82, 2.24) is 9.97 Å². The van der Waals surface area contributed by atoms with E-state index in [0.29, 0.717) is 55.1 Å². The molecule has 2 aromatic rings. The number of nitrogens with zero attached hydrogens (tertiary/aromatic N) is 2. The molecule has 7 nitrogen and oxygen atoms in total. The highest BCUT2D eigenvalue weighted by molar-refractivity contribution is 5.67. The number of hydrogen-bond acceptors (Lipinski definition) is 7. The van der Waals surface area contributed by atoms with Crippen LogP contribution in [0.3, 0.4) is 0 Å². The fraction of sp³-hybridized carbons (Fsp3) is 0.607. The van der Waals surface area contributed by atoms with Gasteiger partial charge in [-0.1, -0.05) is 27.7 Å². The van der Waals surface area contributed by atoms with Crippen LogP contribution in [-0.4, -0.2) is 34.3 Å². The van der Waals surface area contributed by atoms with Gasteiger partial charge >= 0.3 is 12.1 Å². The van der Waals surface area contributed by atoms with E-state index in [0.717, 1.165) is 23.4 Å². The van der Waals surface area contributed by atoms with Gasteiger partial charge in [-0.05, 0) is 30.0 Å². The minimum atomic E-state index is -4.51. The minimum absolute atomic E-state index is 0.0928. The highest BCUT2D eigenvalue weighted by Gasteiger charge is 2.54. The summed E-state index contributed by atoms with van der Waals surface area (Å²) >= 11 is 0. The van der Waals surface area contributed by atoms with Crippen LogP contribution in [0.15, 0.2) is 18.3 Å². The van der Waals surface area contributed by atoms with Gasteiger partial charge < -0.3 is 19.3 Å². The van der Waals surface area contributed by atoms with Gasteiger partial charge in [-0.25, -0.2) is 0 Å². The average molecular weight is 535 g/mol. The van der Waals surface area contributed by atoms with E-state index in [1.165, 1.54) is 13.0 Å². The first kappa shape index (κ1) is 27.0. The van der Waals surface area contributed by atoms with Crippen molar-refractivity contribution in [2.24, 2.45) is 5.41 Å². The molecular weight excluding hydrogens is 501 g/mol. The first-order valence-corrected chi connectivity index (χ1v) is 13.0. The third kappa shape index (κ3) is 4.40. The molecule has 1 fully saturated rings. The molecule has 0 saturated carbocycles. The number of fused-ring (bicyclic) bond motifs is 4. The number of alkyl halides is 3. The molecule has 1 saturated heterocycles. The second kappa shape index (κ2) is 9.27. The molecule has 1 aliphatic carbocycles. The molecule has 4 heterocycles. The summed E-state index contributed by atoms with van der Waals surface area (Å²) in [5.74, 6) is -0.535. The summed E-state index contributed by atoms with van der Waals surface area (Å²) in [7, 11) is 0. The lowest BCUT2D eigenvalue weighted by Gasteiger charge is -2.43. The largest absolute Gasteiger partial charge is 0.455 e. The van der Waals surface area contributed by atoms with E-state index in [9.17, 15) is 23.1 Å². The van der Waals surface area contributed by atoms with Crippen LogP contribution in [0.2, 0.25) is 0 Å². The molecule has 2 unspecified atom stereocenters. The standard InChI is InChI=1S/C28H33F3N2O5/c1-14(2)22-20-21(19-18(35)12-26(4,5)25(23(19)33-22)37-15(3)34)27(8-10-36-11-9-27)38-24(20)17-7-6-16(13-32-17)28(29,30)31/h6-7,13-14,18,24-25,35H,8-12H2,1-5H3/t18?,24?,25-/m1/s1. The molecule has 38 heavy (non-hydrogen) atoms. The Morgan fingerprint density at radius 1 is 1.18 bits per heavy atom. The Kier molecular flexibility index (Phi) is 6.60. The molecule has 10 heteroatoms. The Bertz CT molecular complexity index is 1240. The van der Waals surface area contributed by atoms with Crippen LogP contribution in [0.4, 0.5) is 13.2 Å². The molecule has 1 spiro atoms. The molecule has 3 atom stereocenters. The zero-order chi connectivity index (χ0) is 27.6. The Balaban J connectivity index is 1.78. The third-order valence-electron chi connectivity index (χ3n) is 7.92. The number of halogens is 3. The number of hydrogen-bond donors (Lipinski definition) is 1. The smallest absolute Gasteiger partial charge is 0.417 e. The van der Waals surface area contributed by atoms with Crippen LogP contribution in [0.25, 0.3) is 0 Å². The topological polar surface area (TPSA) is 90.8 Å². The first-order valence-electron chi connectivity index (χ1n) is 13.0. The second-order valence-corrected chi connectivity index (χ2v) is 11.5. The molecule has 206 valence electrons. The second-order valence-electron chi connectivity index (χ2n) is 11.5. The molecule has 0 aromatic carbocycles. The molecule has 1 N–H and O–H groups in total. The normalized spacial score (nSPS) is 25.8. The van der Waals surface area contributed by atoms with Gasteiger partial charge in [-0.15, -0.1) is 0 Å². The molecule has 0 bridgehead atoms. The number of rotatable bonds is 3. The molecular formula is C28H33F3N2O5. The fourth-order valence-electron chi connectivity index (χ4n) is 6.19. The lowest BCUT2D eigenvalue weighted by Crippen LogP contribution is -2.39. The van der Waals surface area contributed by atoms with E-state index in [1.54, 1.807) is 0 Å². The summed E-state index contributed by atoms with van der Waals surface area (Å²) in [6, 6.07) is 2.36. The number of esters is 1. The van der Waals surface area contributed by atoms with Gasteiger partial charge in [0.2, 0.25) is 0 Å². The maximum absolute atomic E-state index is 13.3. The van der Waals surface area contributed by atoms with E-state index in [4.69, 9.17) is 19.2 Å². The van der Waals surface area contributed by atoms with Crippen molar-refractivity contribution in [2.45, 2.75) is 89.9 Å². The van der Waals surface area contributed by atoms with E-state index >= 15 is 0 Å². The van der Waals surface area contributed by atoms with Gasteiger partial charge in [-0.2, -0.15) is 13.2 Å². The van der Waals surface area contributed by atoms with Gasteiger partial charge in [0.1, 0.15) is 12.2 Å². The van der Waals surface area contributed by atoms with Gasteiger partial charge in [0, 0.05) is 61.4 Å². The number of carbonyl (C=O) groups is 1. The summed E-state index contributed by atoms with van der Waals surface area (Å²) in [4.78, 5) is 21.3. The van der Waals surface area contributed by atoms with Gasteiger partial charge in [-0.3, -0.25) is 14.8 Å². The van der Waals surface area contributed by atoms with Gasteiger partial charge in [0.25, 0.3) is 0 Å². The van der Waals surface area contributed by atoms with Crippen molar-refractivity contribution in [3.05, 3.63) is 57.7 Å². The molecule has 0 radical (unpaired) electrons. The Hall–Kier alpha value is -2.56. The van der Waals surface area contributed by atoms with Crippen LogP contribution >= 0.6 is 0 Å². The van der Waals surface area contributed by atoms with Crippen molar-refractivity contribution in [1.29, 1.82) is 0 Å². The number of aliphatic hydroxyl groups excluding tert-OH is 1. The minimum Gasteiger partial charge on any atom is -0.455 e. The summed E-state index contributed by atoms with van der Waals surface area (Å²) in [6.45, 7) is 10.0. The van der Waals surface area contributed by atoms with E-state index in [-0.39, 0.29) is 5.92 Å². The molecule has 3 aliphatic rings. The number of carbonyl (C=O) groups excluding carboxylic acids is 1. The summed E-state index contributed by atoms with van der Waals surface area (Å²) in [6.07, 6.45) is -4.69. The number of aliphatic hydroxyl groups is 1. The SMILES string of the molecule is CC(=O)O[C@@H]1c2nc(C(C)C)c3c(c2C(O)CC1(C)C)C1(CCOCC1)OC3c1ccc(C(F)(F)F)cn1. The average Bonchev–Trinajstić information content (AvgIpc) is 3.14. The maximum Gasteiger partial charge on any atom is 0.417 e. The molecule has 2 aliphatic heterocycles. The van der Waals surface area contributed by atoms with E-state index in [2.05, 4.69) is 4.98 Å².